The fraction of sp³-hybridized carbons (Fsp3) is 0.190. The number of aromatic nitrogens is 2. The Morgan fingerprint density at radius 1 is 1.00 bits per heavy atom. The predicted molar refractivity (Wildman–Crippen MR) is 103 cm³/mol. The largest absolute Gasteiger partial charge is 0.416 e. The molecule has 0 aliphatic heterocycles. The van der Waals surface area contributed by atoms with Crippen LogP contribution < -0.4 is 0 Å². The first-order valence-corrected chi connectivity index (χ1v) is 9.31. The number of hydrogen-bond acceptors (Lipinski definition) is 3. The summed E-state index contributed by atoms with van der Waals surface area (Å²) < 4.78 is 39.4. The topological polar surface area (TPSA) is 42.9 Å². The number of pyridine rings is 2. The molecule has 1 aromatic carbocycles. The smallest absolute Gasteiger partial charge is 0.299 e. The second-order valence-corrected chi connectivity index (χ2v) is 7.20. The Balaban J connectivity index is 1.90. The zero-order chi connectivity index (χ0) is 20.1. The van der Waals surface area contributed by atoms with Crippen molar-refractivity contribution < 1.29 is 18.0 Å². The lowest BCUT2D eigenvalue weighted by Crippen LogP contribution is -2.12. The zero-order valence-electron chi connectivity index (χ0n) is 14.7. The highest BCUT2D eigenvalue weighted by molar-refractivity contribution is 9.10. The molecule has 0 saturated heterocycles. The Bertz CT molecular complexity index is 944. The molecule has 1 unspecified atom stereocenters. The van der Waals surface area contributed by atoms with Crippen LogP contribution in [0.3, 0.4) is 0 Å². The molecular formula is C21H16BrF3N2O. The lowest BCUT2D eigenvalue weighted by Gasteiger charge is -2.19. The van der Waals surface area contributed by atoms with E-state index in [0.717, 1.165) is 23.3 Å². The van der Waals surface area contributed by atoms with Crippen molar-refractivity contribution in [1.29, 1.82) is 0 Å². The van der Waals surface area contributed by atoms with Crippen LogP contribution in [0.15, 0.2) is 71.7 Å². The monoisotopic (exact) mass is 448 g/mol. The van der Waals surface area contributed by atoms with Gasteiger partial charge in [-0.2, -0.15) is 13.2 Å². The molecule has 144 valence electrons. The van der Waals surface area contributed by atoms with Crippen LogP contribution in [0.5, 0.6) is 0 Å². The van der Waals surface area contributed by atoms with Crippen LogP contribution in [-0.2, 0) is 17.4 Å². The van der Waals surface area contributed by atoms with Gasteiger partial charge in [-0.15, -0.1) is 0 Å². The highest BCUT2D eigenvalue weighted by Gasteiger charge is 2.30. The lowest BCUT2D eigenvalue weighted by atomic mass is 9.86. The van der Waals surface area contributed by atoms with E-state index in [2.05, 4.69) is 25.9 Å². The molecule has 0 aliphatic rings. The number of benzene rings is 1. The molecule has 3 aromatic rings. The van der Waals surface area contributed by atoms with E-state index < -0.39 is 11.7 Å². The van der Waals surface area contributed by atoms with Crippen molar-refractivity contribution in [2.45, 2.75) is 24.9 Å². The SMILES string of the molecule is O=C(Cc1cccnc1)CC(c1ccc(C(F)(F)F)cc1)c1ccncc1Br. The molecule has 0 bridgehead atoms. The van der Waals surface area contributed by atoms with Crippen molar-refractivity contribution in [2.75, 3.05) is 0 Å². The van der Waals surface area contributed by atoms with Gasteiger partial charge < -0.3 is 0 Å². The van der Waals surface area contributed by atoms with Gasteiger partial charge >= 0.3 is 6.18 Å². The molecule has 7 heteroatoms. The Labute approximate surface area is 168 Å². The number of Topliss-reactive ketones (excluding diaryl/α,β-unsaturated/α-hetero) is 1. The third-order valence-electron chi connectivity index (χ3n) is 4.38. The Kier molecular flexibility index (Phi) is 6.24. The minimum atomic E-state index is -4.40. The van der Waals surface area contributed by atoms with Gasteiger partial charge in [-0.05, 0) is 56.9 Å². The van der Waals surface area contributed by atoms with Crippen molar-refractivity contribution in [2.24, 2.45) is 0 Å². The van der Waals surface area contributed by atoms with Crippen LogP contribution in [0, 0.1) is 0 Å². The molecule has 28 heavy (non-hydrogen) atoms. The van der Waals surface area contributed by atoms with Gasteiger partial charge in [0.15, 0.2) is 0 Å². The van der Waals surface area contributed by atoms with Crippen molar-refractivity contribution in [3.63, 3.8) is 0 Å². The van der Waals surface area contributed by atoms with Crippen molar-refractivity contribution >= 4 is 21.7 Å². The molecule has 1 atom stereocenters. The summed E-state index contributed by atoms with van der Waals surface area (Å²) in [5.74, 6) is -0.412. The quantitative estimate of drug-likeness (QED) is 0.493. The van der Waals surface area contributed by atoms with E-state index in [4.69, 9.17) is 0 Å². The molecule has 0 saturated carbocycles. The summed E-state index contributed by atoms with van der Waals surface area (Å²) in [6.07, 6.45) is 2.44. The number of carbonyl (C=O) groups excluding carboxylic acids is 1. The summed E-state index contributed by atoms with van der Waals surface area (Å²) in [5, 5.41) is 0. The summed E-state index contributed by atoms with van der Waals surface area (Å²) in [5.41, 5.74) is 1.52. The molecule has 0 radical (unpaired) electrons. The maximum Gasteiger partial charge on any atom is 0.416 e. The number of nitrogens with zero attached hydrogens (tertiary/aromatic N) is 2. The molecule has 3 rings (SSSR count). The average molecular weight is 449 g/mol. The molecule has 0 spiro atoms. The summed E-state index contributed by atoms with van der Waals surface area (Å²) in [6, 6.07) is 10.3. The first-order chi connectivity index (χ1) is 13.3. The van der Waals surface area contributed by atoms with Crippen molar-refractivity contribution in [3.05, 3.63) is 94.0 Å². The number of halogens is 4. The van der Waals surface area contributed by atoms with E-state index in [9.17, 15) is 18.0 Å². The molecule has 0 amide bonds. The highest BCUT2D eigenvalue weighted by atomic mass is 79.9. The lowest BCUT2D eigenvalue weighted by molar-refractivity contribution is -0.137. The summed E-state index contributed by atoms with van der Waals surface area (Å²) in [7, 11) is 0. The van der Waals surface area contributed by atoms with Crippen molar-refractivity contribution in [3.8, 4) is 0 Å². The third-order valence-corrected chi connectivity index (χ3v) is 5.04. The summed E-state index contributed by atoms with van der Waals surface area (Å²) >= 11 is 3.43. The zero-order valence-corrected chi connectivity index (χ0v) is 16.2. The summed E-state index contributed by atoms with van der Waals surface area (Å²) in [4.78, 5) is 20.7. The maximum atomic E-state index is 12.9. The van der Waals surface area contributed by atoms with Crippen LogP contribution in [0.4, 0.5) is 13.2 Å². The number of alkyl halides is 3. The van der Waals surface area contributed by atoms with Crippen LogP contribution in [0.25, 0.3) is 0 Å². The molecule has 3 nitrogen and oxygen atoms in total. The van der Waals surface area contributed by atoms with E-state index in [1.54, 1.807) is 36.9 Å². The van der Waals surface area contributed by atoms with Crippen LogP contribution >= 0.6 is 15.9 Å². The first kappa shape index (κ1) is 20.2. The van der Waals surface area contributed by atoms with E-state index in [0.29, 0.717) is 10.0 Å². The Morgan fingerprint density at radius 2 is 1.71 bits per heavy atom. The number of carbonyl (C=O) groups is 1. The van der Waals surface area contributed by atoms with Crippen molar-refractivity contribution in [1.82, 2.24) is 9.97 Å². The average Bonchev–Trinajstić information content (AvgIpc) is 2.67. The Morgan fingerprint density at radius 3 is 2.32 bits per heavy atom. The van der Waals surface area contributed by atoms with Gasteiger partial charge in [-0.1, -0.05) is 18.2 Å². The minimum absolute atomic E-state index is 0.0263. The Hall–Kier alpha value is -2.54. The maximum absolute atomic E-state index is 12.9. The van der Waals surface area contributed by atoms with E-state index in [1.165, 1.54) is 12.1 Å². The number of ketones is 1. The molecule has 0 N–H and O–H groups in total. The first-order valence-electron chi connectivity index (χ1n) is 8.52. The van der Waals surface area contributed by atoms with Gasteiger partial charge in [-0.3, -0.25) is 14.8 Å². The minimum Gasteiger partial charge on any atom is -0.299 e. The normalized spacial score (nSPS) is 12.6. The number of rotatable bonds is 6. The van der Waals surface area contributed by atoms with Crippen LogP contribution in [0.2, 0.25) is 0 Å². The molecule has 0 aliphatic carbocycles. The predicted octanol–water partition coefficient (Wildman–Crippen LogP) is 5.59. The van der Waals surface area contributed by atoms with E-state index in [1.807, 2.05) is 6.07 Å². The molecule has 2 heterocycles. The van der Waals surface area contributed by atoms with Gasteiger partial charge in [0.1, 0.15) is 5.78 Å². The van der Waals surface area contributed by atoms with E-state index in [-0.39, 0.29) is 24.5 Å². The van der Waals surface area contributed by atoms with Gasteiger partial charge in [0.25, 0.3) is 0 Å². The van der Waals surface area contributed by atoms with Gasteiger partial charge in [-0.25, -0.2) is 0 Å². The second-order valence-electron chi connectivity index (χ2n) is 6.35. The second kappa shape index (κ2) is 8.65. The van der Waals surface area contributed by atoms with Gasteiger partial charge in [0.05, 0.1) is 5.56 Å². The fourth-order valence-corrected chi connectivity index (χ4v) is 3.54. The molecular weight excluding hydrogens is 433 g/mol. The fourth-order valence-electron chi connectivity index (χ4n) is 3.01. The standard InChI is InChI=1S/C21H16BrF3N2O/c22-20-13-27-9-7-18(20)19(11-17(28)10-14-2-1-8-26-12-14)15-3-5-16(6-4-15)21(23,24)25/h1-9,12-13,19H,10-11H2. The molecule has 2 aromatic heterocycles. The summed E-state index contributed by atoms with van der Waals surface area (Å²) in [6.45, 7) is 0. The van der Waals surface area contributed by atoms with Crippen LogP contribution in [-0.4, -0.2) is 15.8 Å². The number of hydrogen-bond donors (Lipinski definition) is 0. The van der Waals surface area contributed by atoms with Gasteiger partial charge in [0, 0.05) is 48.0 Å². The van der Waals surface area contributed by atoms with Crippen LogP contribution in [0.1, 0.15) is 34.6 Å². The third kappa shape index (κ3) is 5.04. The van der Waals surface area contributed by atoms with Gasteiger partial charge in [0.2, 0.25) is 0 Å². The van der Waals surface area contributed by atoms with E-state index >= 15 is 0 Å². The highest BCUT2D eigenvalue weighted by Crippen LogP contribution is 2.35. The molecule has 0 fully saturated rings.